The zero-order chi connectivity index (χ0) is 19.2. The summed E-state index contributed by atoms with van der Waals surface area (Å²) in [7, 11) is -0.561. The largest absolute Gasteiger partial charge is 0.337 e. The van der Waals surface area contributed by atoms with E-state index in [4.69, 9.17) is 5.73 Å². The van der Waals surface area contributed by atoms with Crippen LogP contribution in [0.15, 0.2) is 59.5 Å². The summed E-state index contributed by atoms with van der Waals surface area (Å²) in [5, 5.41) is 0. The number of benzene rings is 2. The number of nitrogens with zero attached hydrogens (tertiary/aromatic N) is 2. The van der Waals surface area contributed by atoms with Crippen molar-refractivity contribution in [2.75, 3.05) is 33.7 Å². The van der Waals surface area contributed by atoms with Crippen LogP contribution in [0.3, 0.4) is 0 Å². The molecule has 8 heteroatoms. The van der Waals surface area contributed by atoms with Crippen LogP contribution in [0, 0.1) is 0 Å². The van der Waals surface area contributed by atoms with E-state index >= 15 is 0 Å². The summed E-state index contributed by atoms with van der Waals surface area (Å²) >= 11 is 0. The van der Waals surface area contributed by atoms with Crippen molar-refractivity contribution in [3.05, 3.63) is 65.7 Å². The molecule has 0 spiro atoms. The molecule has 1 amide bonds. The van der Waals surface area contributed by atoms with Gasteiger partial charge >= 0.3 is 0 Å². The number of sulfonamides is 1. The Bertz CT molecular complexity index is 825. The normalized spacial score (nSPS) is 11.1. The molecule has 2 rings (SSSR count). The van der Waals surface area contributed by atoms with Crippen LogP contribution in [-0.4, -0.2) is 57.3 Å². The molecule has 2 aromatic carbocycles. The lowest BCUT2D eigenvalue weighted by atomic mass is 10.1. The number of rotatable bonds is 8. The van der Waals surface area contributed by atoms with Gasteiger partial charge in [-0.3, -0.25) is 4.79 Å². The lowest BCUT2D eigenvalue weighted by Crippen LogP contribution is -2.37. The molecule has 0 aliphatic carbocycles. The number of carbonyl (C=O) groups excluding carboxylic acids is 1. The van der Waals surface area contributed by atoms with Crippen LogP contribution in [0.1, 0.15) is 15.9 Å². The quantitative estimate of drug-likeness (QED) is 0.720. The van der Waals surface area contributed by atoms with E-state index in [1.165, 1.54) is 26.2 Å². The van der Waals surface area contributed by atoms with Gasteiger partial charge in [0.2, 0.25) is 10.0 Å². The molecule has 148 valence electrons. The summed E-state index contributed by atoms with van der Waals surface area (Å²) in [6, 6.07) is 15.9. The van der Waals surface area contributed by atoms with Crippen LogP contribution in [-0.2, 0) is 16.4 Å². The fraction of sp³-hybridized carbons (Fsp3) is 0.316. The minimum atomic E-state index is -3.51. The molecule has 0 heterocycles. The summed E-state index contributed by atoms with van der Waals surface area (Å²) in [4.78, 5) is 14.6. The van der Waals surface area contributed by atoms with Gasteiger partial charge < -0.3 is 10.6 Å². The van der Waals surface area contributed by atoms with Gasteiger partial charge in [-0.2, -0.15) is 0 Å². The molecule has 27 heavy (non-hydrogen) atoms. The van der Waals surface area contributed by atoms with E-state index in [9.17, 15) is 13.2 Å². The first-order valence-corrected chi connectivity index (χ1v) is 9.86. The fourth-order valence-corrected chi connectivity index (χ4v) is 3.44. The van der Waals surface area contributed by atoms with Crippen molar-refractivity contribution in [1.29, 1.82) is 0 Å². The average Bonchev–Trinajstić information content (AvgIpc) is 2.65. The maximum Gasteiger partial charge on any atom is 0.253 e. The van der Waals surface area contributed by atoms with Gasteiger partial charge in [0.05, 0.1) is 4.90 Å². The van der Waals surface area contributed by atoms with E-state index in [-0.39, 0.29) is 23.2 Å². The number of carbonyl (C=O) groups is 1. The minimum absolute atomic E-state index is 0. The van der Waals surface area contributed by atoms with E-state index in [2.05, 4.69) is 0 Å². The first kappa shape index (κ1) is 23.1. The van der Waals surface area contributed by atoms with Gasteiger partial charge in [-0.15, -0.1) is 12.4 Å². The Hall–Kier alpha value is -1.93. The van der Waals surface area contributed by atoms with E-state index < -0.39 is 10.0 Å². The second-order valence-electron chi connectivity index (χ2n) is 6.13. The van der Waals surface area contributed by atoms with Crippen LogP contribution in [0.2, 0.25) is 0 Å². The van der Waals surface area contributed by atoms with E-state index in [1.807, 2.05) is 30.3 Å². The molecule has 0 radical (unpaired) electrons. The van der Waals surface area contributed by atoms with E-state index in [1.54, 1.807) is 17.0 Å². The standard InChI is InChI=1S/C19H25N3O3S.ClH/c1-21(2)26(24,25)18-10-8-17(9-11-18)19(23)22(15-13-20)14-12-16-6-4-3-5-7-16;/h3-11H,12-15,20H2,1-2H3;1H. The Labute approximate surface area is 167 Å². The second kappa shape index (κ2) is 10.4. The lowest BCUT2D eigenvalue weighted by molar-refractivity contribution is 0.0762. The SMILES string of the molecule is CN(C)S(=O)(=O)c1ccc(C(=O)N(CCN)CCc2ccccc2)cc1.Cl. The van der Waals surface area contributed by atoms with Crippen molar-refractivity contribution in [1.82, 2.24) is 9.21 Å². The smallest absolute Gasteiger partial charge is 0.253 e. The third-order valence-corrected chi connectivity index (χ3v) is 5.91. The van der Waals surface area contributed by atoms with Gasteiger partial charge in [0.25, 0.3) is 5.91 Å². The van der Waals surface area contributed by atoms with Gasteiger partial charge in [0, 0.05) is 39.3 Å². The molecule has 0 bridgehead atoms. The molecule has 2 N–H and O–H groups in total. The first-order valence-electron chi connectivity index (χ1n) is 8.42. The van der Waals surface area contributed by atoms with Gasteiger partial charge in [-0.1, -0.05) is 30.3 Å². The summed E-state index contributed by atoms with van der Waals surface area (Å²) in [5.41, 5.74) is 7.25. The molecule has 0 saturated carbocycles. The molecule has 0 aromatic heterocycles. The van der Waals surface area contributed by atoms with Gasteiger partial charge in [-0.25, -0.2) is 12.7 Å². The van der Waals surface area contributed by atoms with Crippen LogP contribution in [0.25, 0.3) is 0 Å². The van der Waals surface area contributed by atoms with E-state index in [0.717, 1.165) is 16.3 Å². The Kier molecular flexibility index (Phi) is 8.92. The van der Waals surface area contributed by atoms with Gasteiger partial charge in [0.15, 0.2) is 0 Å². The highest BCUT2D eigenvalue weighted by molar-refractivity contribution is 7.89. The summed E-state index contributed by atoms with van der Waals surface area (Å²) in [5.74, 6) is -0.153. The van der Waals surface area contributed by atoms with Crippen molar-refractivity contribution in [2.45, 2.75) is 11.3 Å². The zero-order valence-electron chi connectivity index (χ0n) is 15.5. The predicted octanol–water partition coefficient (Wildman–Crippen LogP) is 2.00. The van der Waals surface area contributed by atoms with Crippen LogP contribution < -0.4 is 5.73 Å². The molecule has 0 atom stereocenters. The highest BCUT2D eigenvalue weighted by Gasteiger charge is 2.19. The third kappa shape index (κ3) is 6.04. The molecule has 0 aliphatic heterocycles. The molecule has 0 unspecified atom stereocenters. The molecule has 0 saturated heterocycles. The molecule has 2 aromatic rings. The molecular weight excluding hydrogens is 386 g/mol. The second-order valence-corrected chi connectivity index (χ2v) is 8.28. The number of hydrogen-bond acceptors (Lipinski definition) is 4. The van der Waals surface area contributed by atoms with Crippen molar-refractivity contribution in [2.24, 2.45) is 5.73 Å². The Morgan fingerprint density at radius 3 is 2.07 bits per heavy atom. The van der Waals surface area contributed by atoms with Crippen LogP contribution >= 0.6 is 12.4 Å². The fourth-order valence-electron chi connectivity index (χ4n) is 2.54. The molecule has 6 nitrogen and oxygen atoms in total. The Morgan fingerprint density at radius 2 is 1.56 bits per heavy atom. The summed E-state index contributed by atoms with van der Waals surface area (Å²) in [6.45, 7) is 1.37. The van der Waals surface area contributed by atoms with Crippen molar-refractivity contribution >= 4 is 28.3 Å². The van der Waals surface area contributed by atoms with Gasteiger partial charge in [-0.05, 0) is 36.2 Å². The van der Waals surface area contributed by atoms with Crippen molar-refractivity contribution < 1.29 is 13.2 Å². The molecule has 0 aliphatic rings. The number of halogens is 1. The van der Waals surface area contributed by atoms with Crippen molar-refractivity contribution in [3.8, 4) is 0 Å². The first-order chi connectivity index (χ1) is 12.4. The highest BCUT2D eigenvalue weighted by Crippen LogP contribution is 2.15. The highest BCUT2D eigenvalue weighted by atomic mass is 35.5. The summed E-state index contributed by atoms with van der Waals surface area (Å²) in [6.07, 6.45) is 0.736. The number of hydrogen-bond donors (Lipinski definition) is 1. The summed E-state index contributed by atoms with van der Waals surface area (Å²) < 4.78 is 25.4. The minimum Gasteiger partial charge on any atom is -0.337 e. The maximum atomic E-state index is 12.8. The third-order valence-electron chi connectivity index (χ3n) is 4.08. The maximum absolute atomic E-state index is 12.8. The van der Waals surface area contributed by atoms with Crippen LogP contribution in [0.5, 0.6) is 0 Å². The van der Waals surface area contributed by atoms with Crippen molar-refractivity contribution in [3.63, 3.8) is 0 Å². The van der Waals surface area contributed by atoms with Gasteiger partial charge in [0.1, 0.15) is 0 Å². The van der Waals surface area contributed by atoms with Crippen LogP contribution in [0.4, 0.5) is 0 Å². The Balaban J connectivity index is 0.00000364. The number of amides is 1. The lowest BCUT2D eigenvalue weighted by Gasteiger charge is -2.22. The van der Waals surface area contributed by atoms with E-state index in [0.29, 0.717) is 25.2 Å². The monoisotopic (exact) mass is 411 g/mol. The topological polar surface area (TPSA) is 83.7 Å². The average molecular weight is 412 g/mol. The molecule has 0 fully saturated rings. The predicted molar refractivity (Wildman–Crippen MR) is 110 cm³/mol. The number of nitrogens with two attached hydrogens (primary N) is 1. The molecular formula is C19H26ClN3O3S. The zero-order valence-corrected chi connectivity index (χ0v) is 17.2. The Morgan fingerprint density at radius 1 is 0.963 bits per heavy atom.